The fourth-order valence-electron chi connectivity index (χ4n) is 1.50. The molecule has 0 heterocycles. The standard InChI is InChI=1S/C10H15N3O3/c1-2-12(3-4-14)9-5-8(11)6-10(7-9)13(15)16/h5-7,14H,2-4,11H2,1H3. The highest BCUT2D eigenvalue weighted by Gasteiger charge is 2.11. The van der Waals surface area contributed by atoms with Crippen LogP contribution >= 0.6 is 0 Å². The van der Waals surface area contributed by atoms with Crippen LogP contribution in [0.3, 0.4) is 0 Å². The lowest BCUT2D eigenvalue weighted by molar-refractivity contribution is -0.384. The Morgan fingerprint density at radius 2 is 2.19 bits per heavy atom. The highest BCUT2D eigenvalue weighted by molar-refractivity contribution is 5.62. The molecule has 0 unspecified atom stereocenters. The quantitative estimate of drug-likeness (QED) is 0.443. The number of hydrogen-bond acceptors (Lipinski definition) is 5. The molecule has 0 aliphatic carbocycles. The van der Waals surface area contributed by atoms with Gasteiger partial charge in [0, 0.05) is 36.6 Å². The molecule has 6 heteroatoms. The van der Waals surface area contributed by atoms with Crippen LogP contribution in [-0.4, -0.2) is 29.7 Å². The summed E-state index contributed by atoms with van der Waals surface area (Å²) in [7, 11) is 0. The van der Waals surface area contributed by atoms with Crippen LogP contribution in [0, 0.1) is 10.1 Å². The zero-order chi connectivity index (χ0) is 12.1. The Labute approximate surface area is 93.4 Å². The van der Waals surface area contributed by atoms with Gasteiger partial charge in [-0.2, -0.15) is 0 Å². The highest BCUT2D eigenvalue weighted by atomic mass is 16.6. The lowest BCUT2D eigenvalue weighted by atomic mass is 10.2. The Morgan fingerprint density at radius 1 is 1.50 bits per heavy atom. The molecule has 1 rings (SSSR count). The number of nitrogens with two attached hydrogens (primary N) is 1. The normalized spacial score (nSPS) is 10.1. The molecule has 0 radical (unpaired) electrons. The molecule has 0 aromatic heterocycles. The molecule has 0 aliphatic heterocycles. The number of anilines is 2. The third-order valence-electron chi connectivity index (χ3n) is 2.25. The average molecular weight is 225 g/mol. The van der Waals surface area contributed by atoms with Crippen molar-refractivity contribution in [3.05, 3.63) is 28.3 Å². The van der Waals surface area contributed by atoms with Crippen LogP contribution < -0.4 is 10.6 Å². The minimum Gasteiger partial charge on any atom is -0.398 e. The second-order valence-corrected chi connectivity index (χ2v) is 3.34. The number of benzene rings is 1. The molecular formula is C10H15N3O3. The third-order valence-corrected chi connectivity index (χ3v) is 2.25. The van der Waals surface area contributed by atoms with Crippen molar-refractivity contribution in [1.29, 1.82) is 0 Å². The molecular weight excluding hydrogens is 210 g/mol. The zero-order valence-corrected chi connectivity index (χ0v) is 9.09. The van der Waals surface area contributed by atoms with Gasteiger partial charge in [-0.3, -0.25) is 10.1 Å². The number of nitrogens with zero attached hydrogens (tertiary/aromatic N) is 2. The second-order valence-electron chi connectivity index (χ2n) is 3.34. The van der Waals surface area contributed by atoms with Gasteiger partial charge in [0.15, 0.2) is 0 Å². The number of non-ortho nitro benzene ring substituents is 1. The lowest BCUT2D eigenvalue weighted by Gasteiger charge is -2.21. The molecule has 0 fully saturated rings. The summed E-state index contributed by atoms with van der Waals surface area (Å²) in [6, 6.07) is 4.43. The van der Waals surface area contributed by atoms with Crippen LogP contribution in [0.5, 0.6) is 0 Å². The third kappa shape index (κ3) is 2.83. The minimum atomic E-state index is -0.480. The molecule has 1 aromatic carbocycles. The van der Waals surface area contributed by atoms with Crippen LogP contribution in [0.4, 0.5) is 17.1 Å². The van der Waals surface area contributed by atoms with E-state index in [4.69, 9.17) is 10.8 Å². The maximum atomic E-state index is 10.7. The summed E-state index contributed by atoms with van der Waals surface area (Å²) in [5.74, 6) is 0. The van der Waals surface area contributed by atoms with E-state index in [0.29, 0.717) is 24.5 Å². The minimum absolute atomic E-state index is 0.00354. The first-order valence-electron chi connectivity index (χ1n) is 4.99. The highest BCUT2D eigenvalue weighted by Crippen LogP contribution is 2.25. The van der Waals surface area contributed by atoms with Crippen LogP contribution in [-0.2, 0) is 0 Å². The predicted molar refractivity (Wildman–Crippen MR) is 62.5 cm³/mol. The Kier molecular flexibility index (Phi) is 4.07. The van der Waals surface area contributed by atoms with Gasteiger partial charge in [-0.1, -0.05) is 0 Å². The summed E-state index contributed by atoms with van der Waals surface area (Å²) in [4.78, 5) is 12.0. The SMILES string of the molecule is CCN(CCO)c1cc(N)cc([N+](=O)[O-])c1. The van der Waals surface area contributed by atoms with Gasteiger partial charge in [0.25, 0.3) is 5.69 Å². The first-order chi connectivity index (χ1) is 7.58. The molecule has 0 aliphatic rings. The zero-order valence-electron chi connectivity index (χ0n) is 9.09. The summed E-state index contributed by atoms with van der Waals surface area (Å²) in [6.07, 6.45) is 0. The van der Waals surface area contributed by atoms with Crippen molar-refractivity contribution in [2.24, 2.45) is 0 Å². The maximum absolute atomic E-state index is 10.7. The molecule has 88 valence electrons. The van der Waals surface area contributed by atoms with Gasteiger partial charge < -0.3 is 15.7 Å². The van der Waals surface area contributed by atoms with E-state index < -0.39 is 4.92 Å². The summed E-state index contributed by atoms with van der Waals surface area (Å²) in [6.45, 7) is 2.99. The van der Waals surface area contributed by atoms with Crippen molar-refractivity contribution >= 4 is 17.1 Å². The molecule has 16 heavy (non-hydrogen) atoms. The van der Waals surface area contributed by atoms with Gasteiger partial charge in [-0.15, -0.1) is 0 Å². The monoisotopic (exact) mass is 225 g/mol. The molecule has 0 bridgehead atoms. The van der Waals surface area contributed by atoms with E-state index in [1.165, 1.54) is 12.1 Å². The molecule has 6 nitrogen and oxygen atoms in total. The van der Waals surface area contributed by atoms with Gasteiger partial charge in [0.2, 0.25) is 0 Å². The number of likely N-dealkylation sites (N-methyl/N-ethyl adjacent to an activating group) is 1. The van der Waals surface area contributed by atoms with E-state index in [1.54, 1.807) is 6.07 Å². The predicted octanol–water partition coefficient (Wildman–Crippen LogP) is 0.996. The molecule has 0 saturated carbocycles. The number of aliphatic hydroxyl groups is 1. The average Bonchev–Trinajstić information content (AvgIpc) is 2.24. The summed E-state index contributed by atoms with van der Waals surface area (Å²) in [5, 5.41) is 19.5. The number of hydrogen-bond donors (Lipinski definition) is 2. The fourth-order valence-corrected chi connectivity index (χ4v) is 1.50. The van der Waals surface area contributed by atoms with Gasteiger partial charge in [-0.05, 0) is 13.0 Å². The largest absolute Gasteiger partial charge is 0.398 e. The van der Waals surface area contributed by atoms with Gasteiger partial charge in [0.05, 0.1) is 11.5 Å². The first kappa shape index (κ1) is 12.3. The summed E-state index contributed by atoms with van der Waals surface area (Å²) in [5.41, 5.74) is 6.56. The van der Waals surface area contributed by atoms with E-state index in [9.17, 15) is 10.1 Å². The van der Waals surface area contributed by atoms with E-state index in [0.717, 1.165) is 0 Å². The maximum Gasteiger partial charge on any atom is 0.273 e. The van der Waals surface area contributed by atoms with Crippen molar-refractivity contribution in [3.8, 4) is 0 Å². The van der Waals surface area contributed by atoms with Crippen LogP contribution in [0.25, 0.3) is 0 Å². The van der Waals surface area contributed by atoms with E-state index >= 15 is 0 Å². The Hall–Kier alpha value is -1.82. The summed E-state index contributed by atoms with van der Waals surface area (Å²) >= 11 is 0. The molecule has 0 amide bonds. The first-order valence-corrected chi connectivity index (χ1v) is 4.99. The Bertz CT molecular complexity index is 382. The van der Waals surface area contributed by atoms with Crippen molar-refractivity contribution in [2.75, 3.05) is 30.3 Å². The van der Waals surface area contributed by atoms with Gasteiger partial charge in [-0.25, -0.2) is 0 Å². The Morgan fingerprint density at radius 3 is 2.69 bits per heavy atom. The van der Waals surface area contributed by atoms with Crippen LogP contribution in [0.1, 0.15) is 6.92 Å². The van der Waals surface area contributed by atoms with Crippen molar-refractivity contribution in [2.45, 2.75) is 6.92 Å². The van der Waals surface area contributed by atoms with Gasteiger partial charge in [0.1, 0.15) is 0 Å². The van der Waals surface area contributed by atoms with E-state index in [1.807, 2.05) is 11.8 Å². The Balaban J connectivity index is 3.07. The lowest BCUT2D eigenvalue weighted by Crippen LogP contribution is -2.26. The van der Waals surface area contributed by atoms with Crippen molar-refractivity contribution in [3.63, 3.8) is 0 Å². The number of aliphatic hydroxyl groups excluding tert-OH is 1. The fraction of sp³-hybridized carbons (Fsp3) is 0.400. The molecule has 3 N–H and O–H groups in total. The molecule has 1 aromatic rings. The topological polar surface area (TPSA) is 92.6 Å². The van der Waals surface area contributed by atoms with E-state index in [2.05, 4.69) is 0 Å². The van der Waals surface area contributed by atoms with Gasteiger partial charge >= 0.3 is 0 Å². The molecule has 0 atom stereocenters. The van der Waals surface area contributed by atoms with Crippen LogP contribution in [0.2, 0.25) is 0 Å². The van der Waals surface area contributed by atoms with E-state index in [-0.39, 0.29) is 12.3 Å². The number of nitro groups is 1. The van der Waals surface area contributed by atoms with Crippen LogP contribution in [0.15, 0.2) is 18.2 Å². The van der Waals surface area contributed by atoms with Crippen molar-refractivity contribution < 1.29 is 10.0 Å². The second kappa shape index (κ2) is 5.32. The smallest absolute Gasteiger partial charge is 0.273 e. The number of nitrogen functional groups attached to an aromatic ring is 1. The molecule has 0 spiro atoms. The number of rotatable bonds is 5. The van der Waals surface area contributed by atoms with Crippen molar-refractivity contribution in [1.82, 2.24) is 0 Å². The molecule has 0 saturated heterocycles. The summed E-state index contributed by atoms with van der Waals surface area (Å²) < 4.78 is 0. The number of nitro benzene ring substituents is 1.